The highest BCUT2D eigenvalue weighted by Crippen LogP contribution is 2.35. The third-order valence-corrected chi connectivity index (χ3v) is 5.34. The summed E-state index contributed by atoms with van der Waals surface area (Å²) in [6.45, 7) is 1.94. The summed E-state index contributed by atoms with van der Waals surface area (Å²) in [6, 6.07) is 7.89. The lowest BCUT2D eigenvalue weighted by atomic mass is 10.2. The van der Waals surface area contributed by atoms with Gasteiger partial charge in [-0.1, -0.05) is 11.6 Å². The minimum absolute atomic E-state index is 0.206. The summed E-state index contributed by atoms with van der Waals surface area (Å²) < 4.78 is 25.6. The van der Waals surface area contributed by atoms with E-state index >= 15 is 0 Å². The highest BCUT2D eigenvalue weighted by molar-refractivity contribution is 6.30. The van der Waals surface area contributed by atoms with Crippen LogP contribution in [0, 0.1) is 5.82 Å². The fraction of sp³-hybridized carbons (Fsp3) is 0.318. The molecule has 0 saturated carbocycles. The number of halogens is 2. The first-order chi connectivity index (χ1) is 15.0. The summed E-state index contributed by atoms with van der Waals surface area (Å²) in [5.41, 5.74) is 0.873. The van der Waals surface area contributed by atoms with Crippen molar-refractivity contribution in [1.29, 1.82) is 0 Å². The van der Waals surface area contributed by atoms with Crippen molar-refractivity contribution in [2.75, 3.05) is 32.1 Å². The summed E-state index contributed by atoms with van der Waals surface area (Å²) in [7, 11) is 1.55. The van der Waals surface area contributed by atoms with Crippen LogP contribution >= 0.6 is 11.6 Å². The number of ether oxygens (including phenoxy) is 2. The number of anilines is 2. The number of aromatic nitrogens is 2. The topological polar surface area (TPSA) is 76.6 Å². The number of rotatable bonds is 8. The van der Waals surface area contributed by atoms with E-state index in [9.17, 15) is 9.18 Å². The predicted molar refractivity (Wildman–Crippen MR) is 117 cm³/mol. The average Bonchev–Trinajstić information content (AvgIpc) is 3.17. The second-order valence-electron chi connectivity index (χ2n) is 7.18. The maximum Gasteiger partial charge on any atom is 0.222 e. The van der Waals surface area contributed by atoms with Gasteiger partial charge in [-0.3, -0.25) is 4.79 Å². The molecule has 162 valence electrons. The lowest BCUT2D eigenvalue weighted by Gasteiger charge is -2.17. The molecule has 0 radical (unpaired) electrons. The maximum absolute atomic E-state index is 14.2. The van der Waals surface area contributed by atoms with Gasteiger partial charge in [0.25, 0.3) is 0 Å². The molecule has 0 bridgehead atoms. The van der Waals surface area contributed by atoms with Gasteiger partial charge < -0.3 is 19.7 Å². The molecule has 7 nitrogen and oxygen atoms in total. The number of nitrogens with zero attached hydrogens (tertiary/aromatic N) is 3. The average molecular weight is 445 g/mol. The molecule has 1 amide bonds. The van der Waals surface area contributed by atoms with Gasteiger partial charge in [-0.2, -0.15) is 0 Å². The Bertz CT molecular complexity index is 1110. The van der Waals surface area contributed by atoms with E-state index in [2.05, 4.69) is 15.3 Å². The van der Waals surface area contributed by atoms with Crippen molar-refractivity contribution < 1.29 is 18.7 Å². The summed E-state index contributed by atoms with van der Waals surface area (Å²) in [5.74, 6) is 1.22. The van der Waals surface area contributed by atoms with E-state index in [1.54, 1.807) is 31.4 Å². The standard InChI is InChI=1S/C22H22ClFN4O3/c1-30-19-11-15-18(12-20(19)31-9-3-8-28-7-2-4-21(28)29)25-13-26-22(15)27-17-6-5-14(23)10-16(17)24/h5-6,10-13H,2-4,7-9H2,1H3,(H,25,26,27). The number of nitrogens with one attached hydrogen (secondary N) is 1. The van der Waals surface area contributed by atoms with Crippen LogP contribution in [0.4, 0.5) is 15.9 Å². The van der Waals surface area contributed by atoms with Crippen LogP contribution in [0.5, 0.6) is 11.5 Å². The normalized spacial score (nSPS) is 13.6. The Balaban J connectivity index is 1.51. The molecule has 1 N–H and O–H groups in total. The van der Waals surface area contributed by atoms with Gasteiger partial charge in [0, 0.05) is 36.0 Å². The smallest absolute Gasteiger partial charge is 0.222 e. The largest absolute Gasteiger partial charge is 0.493 e. The predicted octanol–water partition coefficient (Wildman–Crippen LogP) is 4.57. The molecule has 1 fully saturated rings. The van der Waals surface area contributed by atoms with Crippen molar-refractivity contribution in [3.05, 3.63) is 47.5 Å². The molecule has 9 heteroatoms. The first-order valence-corrected chi connectivity index (χ1v) is 10.4. The van der Waals surface area contributed by atoms with E-state index in [1.165, 1.54) is 12.4 Å². The minimum Gasteiger partial charge on any atom is -0.493 e. The SMILES string of the molecule is COc1cc2c(Nc3ccc(Cl)cc3F)ncnc2cc1OCCCN1CCCC1=O. The number of carbonyl (C=O) groups excluding carboxylic acids is 1. The number of hydrogen-bond acceptors (Lipinski definition) is 6. The molecular weight excluding hydrogens is 423 g/mol. The summed E-state index contributed by atoms with van der Waals surface area (Å²) in [6.07, 6.45) is 3.68. The van der Waals surface area contributed by atoms with E-state index in [0.717, 1.165) is 19.4 Å². The van der Waals surface area contributed by atoms with Gasteiger partial charge >= 0.3 is 0 Å². The number of methoxy groups -OCH3 is 1. The van der Waals surface area contributed by atoms with E-state index in [0.29, 0.717) is 52.8 Å². The van der Waals surface area contributed by atoms with Crippen molar-refractivity contribution in [3.63, 3.8) is 0 Å². The Morgan fingerprint density at radius 2 is 2.10 bits per heavy atom. The van der Waals surface area contributed by atoms with E-state index < -0.39 is 5.82 Å². The summed E-state index contributed by atoms with van der Waals surface area (Å²) in [5, 5.41) is 3.95. The van der Waals surface area contributed by atoms with Gasteiger partial charge in [-0.05, 0) is 37.1 Å². The molecule has 0 atom stereocenters. The molecule has 2 heterocycles. The van der Waals surface area contributed by atoms with Crippen LogP contribution in [0.15, 0.2) is 36.7 Å². The van der Waals surface area contributed by atoms with Crippen LogP contribution < -0.4 is 14.8 Å². The summed E-state index contributed by atoms with van der Waals surface area (Å²) >= 11 is 5.82. The van der Waals surface area contributed by atoms with Crippen LogP contribution in [0.2, 0.25) is 5.02 Å². The number of carbonyl (C=O) groups is 1. The molecule has 1 aliphatic heterocycles. The Hall–Kier alpha value is -3.13. The Morgan fingerprint density at radius 1 is 1.23 bits per heavy atom. The molecule has 31 heavy (non-hydrogen) atoms. The van der Waals surface area contributed by atoms with Crippen molar-refractivity contribution in [2.45, 2.75) is 19.3 Å². The summed E-state index contributed by atoms with van der Waals surface area (Å²) in [4.78, 5) is 22.1. The zero-order valence-electron chi connectivity index (χ0n) is 17.0. The zero-order chi connectivity index (χ0) is 21.8. The fourth-order valence-electron chi connectivity index (χ4n) is 3.53. The van der Waals surface area contributed by atoms with Crippen LogP contribution in [0.3, 0.4) is 0 Å². The van der Waals surface area contributed by atoms with E-state index in [1.807, 2.05) is 4.90 Å². The number of likely N-dealkylation sites (tertiary alicyclic amines) is 1. The van der Waals surface area contributed by atoms with Crippen molar-refractivity contribution >= 4 is 39.9 Å². The number of amides is 1. The molecule has 2 aromatic carbocycles. The number of hydrogen-bond donors (Lipinski definition) is 1. The molecule has 0 spiro atoms. The van der Waals surface area contributed by atoms with Gasteiger partial charge in [0.2, 0.25) is 5.91 Å². The first-order valence-electron chi connectivity index (χ1n) is 10.0. The van der Waals surface area contributed by atoms with Gasteiger partial charge in [-0.15, -0.1) is 0 Å². The number of benzene rings is 2. The zero-order valence-corrected chi connectivity index (χ0v) is 17.8. The molecule has 1 aliphatic rings. The van der Waals surface area contributed by atoms with Gasteiger partial charge in [-0.25, -0.2) is 14.4 Å². The molecule has 1 aromatic heterocycles. The van der Waals surface area contributed by atoms with Crippen molar-refractivity contribution in [1.82, 2.24) is 14.9 Å². The second kappa shape index (κ2) is 9.34. The lowest BCUT2D eigenvalue weighted by molar-refractivity contribution is -0.127. The molecule has 1 saturated heterocycles. The van der Waals surface area contributed by atoms with Gasteiger partial charge in [0.15, 0.2) is 11.5 Å². The van der Waals surface area contributed by atoms with Crippen LogP contribution in [0.1, 0.15) is 19.3 Å². The molecular formula is C22H22ClFN4O3. The lowest BCUT2D eigenvalue weighted by Crippen LogP contribution is -2.26. The van der Waals surface area contributed by atoms with Crippen LogP contribution in [-0.4, -0.2) is 47.6 Å². The maximum atomic E-state index is 14.2. The van der Waals surface area contributed by atoms with E-state index in [-0.39, 0.29) is 11.6 Å². The Labute approximate surface area is 184 Å². The molecule has 0 unspecified atom stereocenters. The van der Waals surface area contributed by atoms with Gasteiger partial charge in [0.1, 0.15) is 18.0 Å². The van der Waals surface area contributed by atoms with Crippen molar-refractivity contribution in [2.24, 2.45) is 0 Å². The van der Waals surface area contributed by atoms with E-state index in [4.69, 9.17) is 21.1 Å². The van der Waals surface area contributed by atoms with Gasteiger partial charge in [0.05, 0.1) is 24.9 Å². The molecule has 0 aliphatic carbocycles. The minimum atomic E-state index is -0.484. The fourth-order valence-corrected chi connectivity index (χ4v) is 3.69. The molecule has 4 rings (SSSR count). The number of fused-ring (bicyclic) bond motifs is 1. The highest BCUT2D eigenvalue weighted by atomic mass is 35.5. The monoisotopic (exact) mass is 444 g/mol. The quantitative estimate of drug-likeness (QED) is 0.513. The Kier molecular flexibility index (Phi) is 6.36. The Morgan fingerprint density at radius 3 is 2.84 bits per heavy atom. The van der Waals surface area contributed by atoms with Crippen LogP contribution in [-0.2, 0) is 4.79 Å². The van der Waals surface area contributed by atoms with Crippen molar-refractivity contribution in [3.8, 4) is 11.5 Å². The first kappa shape index (κ1) is 21.1. The second-order valence-corrected chi connectivity index (χ2v) is 7.61. The van der Waals surface area contributed by atoms with Crippen LogP contribution in [0.25, 0.3) is 10.9 Å². The third-order valence-electron chi connectivity index (χ3n) is 5.11. The third kappa shape index (κ3) is 4.80. The molecule has 3 aromatic rings. The highest BCUT2D eigenvalue weighted by Gasteiger charge is 2.19.